The lowest BCUT2D eigenvalue weighted by atomic mass is 9.88. The van der Waals surface area contributed by atoms with Crippen LogP contribution in [0.4, 0.5) is 0 Å². The third kappa shape index (κ3) is 4.27. The molecule has 0 saturated carbocycles. The maximum atomic E-state index is 13.2. The number of nitrogens with one attached hydrogen (secondary N) is 1. The molecule has 1 fully saturated rings. The minimum Gasteiger partial charge on any atom is -0.353 e. The zero-order valence-corrected chi connectivity index (χ0v) is 18.7. The molecular formula is C23H27ClN2O3S. The molecule has 1 heterocycles. The smallest absolute Gasteiger partial charge is 0.243 e. The molecule has 1 saturated heterocycles. The molecule has 160 valence electrons. The summed E-state index contributed by atoms with van der Waals surface area (Å²) in [5.74, 6) is -0.368. The Hall–Kier alpha value is -1.89. The number of fused-ring (bicyclic) bond motifs is 1. The molecule has 5 nitrogen and oxygen atoms in total. The zero-order valence-electron chi connectivity index (χ0n) is 17.1. The van der Waals surface area contributed by atoms with Crippen LogP contribution in [0, 0.1) is 12.8 Å². The summed E-state index contributed by atoms with van der Waals surface area (Å²) in [5, 5.41) is 3.61. The van der Waals surface area contributed by atoms with Crippen molar-refractivity contribution in [3.8, 4) is 0 Å². The van der Waals surface area contributed by atoms with Gasteiger partial charge in [-0.25, -0.2) is 8.42 Å². The molecule has 30 heavy (non-hydrogen) atoms. The van der Waals surface area contributed by atoms with Gasteiger partial charge in [-0.15, -0.1) is 0 Å². The van der Waals surface area contributed by atoms with Gasteiger partial charge in [0.2, 0.25) is 15.9 Å². The number of benzene rings is 2. The molecule has 1 aliphatic carbocycles. The van der Waals surface area contributed by atoms with Gasteiger partial charge in [-0.3, -0.25) is 4.79 Å². The first kappa shape index (κ1) is 21.3. The Labute approximate surface area is 183 Å². The fourth-order valence-corrected chi connectivity index (χ4v) is 6.52. The van der Waals surface area contributed by atoms with Crippen molar-refractivity contribution in [3.05, 3.63) is 64.2 Å². The SMILES string of the molecule is Cc1c(Cl)cccc1S(=O)(=O)N1CCC[C@H](C(=O)NC2CCc3ccccc3C2)C1. The van der Waals surface area contributed by atoms with Gasteiger partial charge in [0.25, 0.3) is 0 Å². The van der Waals surface area contributed by atoms with Crippen molar-refractivity contribution in [1.29, 1.82) is 0 Å². The van der Waals surface area contributed by atoms with Gasteiger partial charge < -0.3 is 5.32 Å². The summed E-state index contributed by atoms with van der Waals surface area (Å²) in [6.07, 6.45) is 4.08. The molecule has 1 amide bonds. The number of halogens is 1. The van der Waals surface area contributed by atoms with E-state index < -0.39 is 10.0 Å². The second-order valence-corrected chi connectivity index (χ2v) is 10.6. The topological polar surface area (TPSA) is 66.5 Å². The molecule has 1 aliphatic heterocycles. The van der Waals surface area contributed by atoms with E-state index >= 15 is 0 Å². The van der Waals surface area contributed by atoms with Gasteiger partial charge in [-0.2, -0.15) is 4.31 Å². The van der Waals surface area contributed by atoms with Crippen LogP contribution in [0.25, 0.3) is 0 Å². The van der Waals surface area contributed by atoms with Gasteiger partial charge in [0.05, 0.1) is 10.8 Å². The second-order valence-electron chi connectivity index (χ2n) is 8.28. The molecule has 0 radical (unpaired) electrons. The fraction of sp³-hybridized carbons (Fsp3) is 0.435. The standard InChI is InChI=1S/C23H27ClN2O3S/c1-16-21(24)9-4-10-22(16)30(28,29)26-13-5-8-19(15-26)23(27)25-20-12-11-17-6-2-3-7-18(17)14-20/h2-4,6-7,9-10,19-20H,5,8,11-15H2,1H3,(H,25,27)/t19-,20?/m0/s1. The van der Waals surface area contributed by atoms with Crippen LogP contribution >= 0.6 is 11.6 Å². The summed E-state index contributed by atoms with van der Waals surface area (Å²) in [5.41, 5.74) is 3.19. The van der Waals surface area contributed by atoms with Crippen molar-refractivity contribution in [3.63, 3.8) is 0 Å². The molecule has 1 N–H and O–H groups in total. The lowest BCUT2D eigenvalue weighted by Gasteiger charge is -2.33. The van der Waals surface area contributed by atoms with E-state index in [4.69, 9.17) is 11.6 Å². The van der Waals surface area contributed by atoms with Gasteiger partial charge in [-0.1, -0.05) is 41.9 Å². The number of hydrogen-bond donors (Lipinski definition) is 1. The summed E-state index contributed by atoms with van der Waals surface area (Å²) in [6.45, 7) is 2.35. The summed E-state index contributed by atoms with van der Waals surface area (Å²) < 4.78 is 27.8. The average molecular weight is 447 g/mol. The summed E-state index contributed by atoms with van der Waals surface area (Å²) in [4.78, 5) is 13.2. The molecule has 2 aliphatic rings. The average Bonchev–Trinajstić information content (AvgIpc) is 2.75. The van der Waals surface area contributed by atoms with E-state index in [1.807, 2.05) is 6.07 Å². The third-order valence-corrected chi connectivity index (χ3v) is 8.70. The zero-order chi connectivity index (χ0) is 21.3. The van der Waals surface area contributed by atoms with E-state index in [2.05, 4.69) is 23.5 Å². The Balaban J connectivity index is 1.44. The first-order chi connectivity index (χ1) is 14.4. The number of sulfonamides is 1. The lowest BCUT2D eigenvalue weighted by molar-refractivity contribution is -0.126. The highest BCUT2D eigenvalue weighted by atomic mass is 35.5. The molecule has 4 rings (SSSR count). The minimum atomic E-state index is -3.69. The van der Waals surface area contributed by atoms with Crippen molar-refractivity contribution in [2.24, 2.45) is 5.92 Å². The molecule has 2 aromatic rings. The maximum absolute atomic E-state index is 13.2. The van der Waals surface area contributed by atoms with Gasteiger partial charge in [0.15, 0.2) is 0 Å². The van der Waals surface area contributed by atoms with Crippen LogP contribution in [-0.2, 0) is 27.7 Å². The minimum absolute atomic E-state index is 0.0397. The number of hydrogen-bond acceptors (Lipinski definition) is 3. The predicted octanol–water partition coefficient (Wildman–Crippen LogP) is 3.72. The highest BCUT2D eigenvalue weighted by Crippen LogP contribution is 2.29. The van der Waals surface area contributed by atoms with Gasteiger partial charge in [0, 0.05) is 24.2 Å². The van der Waals surface area contributed by atoms with Crippen LogP contribution in [0.1, 0.15) is 36.0 Å². The monoisotopic (exact) mass is 446 g/mol. The summed E-state index contributed by atoms with van der Waals surface area (Å²) >= 11 is 6.14. The molecule has 7 heteroatoms. The lowest BCUT2D eigenvalue weighted by Crippen LogP contribution is -2.48. The molecular weight excluding hydrogens is 420 g/mol. The first-order valence-electron chi connectivity index (χ1n) is 10.5. The quantitative estimate of drug-likeness (QED) is 0.778. The van der Waals surface area contributed by atoms with Crippen LogP contribution < -0.4 is 5.32 Å². The number of carbonyl (C=O) groups is 1. The number of amides is 1. The van der Waals surface area contributed by atoms with Crippen molar-refractivity contribution < 1.29 is 13.2 Å². The van der Waals surface area contributed by atoms with Crippen molar-refractivity contribution in [2.75, 3.05) is 13.1 Å². The Morgan fingerprint density at radius 2 is 1.87 bits per heavy atom. The van der Waals surface area contributed by atoms with E-state index in [0.29, 0.717) is 30.0 Å². The summed E-state index contributed by atoms with van der Waals surface area (Å²) in [7, 11) is -3.69. The highest BCUT2D eigenvalue weighted by Gasteiger charge is 2.35. The van der Waals surface area contributed by atoms with Gasteiger partial charge >= 0.3 is 0 Å². The Morgan fingerprint density at radius 3 is 2.67 bits per heavy atom. The third-order valence-electron chi connectivity index (χ3n) is 6.28. The van der Waals surface area contributed by atoms with Crippen LogP contribution in [-0.4, -0.2) is 37.8 Å². The van der Waals surface area contributed by atoms with E-state index in [9.17, 15) is 13.2 Å². The van der Waals surface area contributed by atoms with Crippen LogP contribution in [0.2, 0.25) is 5.02 Å². The van der Waals surface area contributed by atoms with Crippen molar-refractivity contribution in [2.45, 2.75) is 50.0 Å². The Bertz CT molecular complexity index is 1050. The normalized spacial score (nSPS) is 22.3. The van der Waals surface area contributed by atoms with Crippen molar-refractivity contribution >= 4 is 27.5 Å². The number of rotatable bonds is 4. The second kappa shape index (κ2) is 8.69. The molecule has 1 unspecified atom stereocenters. The van der Waals surface area contributed by atoms with E-state index in [1.165, 1.54) is 15.4 Å². The van der Waals surface area contributed by atoms with Crippen LogP contribution in [0.15, 0.2) is 47.4 Å². The largest absolute Gasteiger partial charge is 0.353 e. The van der Waals surface area contributed by atoms with E-state index in [1.54, 1.807) is 25.1 Å². The molecule has 2 atom stereocenters. The van der Waals surface area contributed by atoms with Crippen LogP contribution in [0.5, 0.6) is 0 Å². The number of piperidine rings is 1. The maximum Gasteiger partial charge on any atom is 0.243 e. The van der Waals surface area contributed by atoms with Gasteiger partial charge in [0.1, 0.15) is 0 Å². The molecule has 2 aromatic carbocycles. The molecule has 0 spiro atoms. The number of nitrogens with zero attached hydrogens (tertiary/aromatic N) is 1. The molecule has 0 aromatic heterocycles. The highest BCUT2D eigenvalue weighted by molar-refractivity contribution is 7.89. The predicted molar refractivity (Wildman–Crippen MR) is 118 cm³/mol. The van der Waals surface area contributed by atoms with E-state index in [0.717, 1.165) is 19.3 Å². The van der Waals surface area contributed by atoms with E-state index in [-0.39, 0.29) is 29.3 Å². The number of aryl methyl sites for hydroxylation is 1. The number of carbonyl (C=O) groups excluding carboxylic acids is 1. The summed E-state index contributed by atoms with van der Waals surface area (Å²) in [6, 6.07) is 13.4. The Morgan fingerprint density at radius 1 is 1.10 bits per heavy atom. The van der Waals surface area contributed by atoms with Crippen LogP contribution in [0.3, 0.4) is 0 Å². The van der Waals surface area contributed by atoms with Gasteiger partial charge in [-0.05, 0) is 67.9 Å². The Kier molecular flexibility index (Phi) is 6.19. The first-order valence-corrected chi connectivity index (χ1v) is 12.3. The van der Waals surface area contributed by atoms with Crippen molar-refractivity contribution in [1.82, 2.24) is 9.62 Å². The fourth-order valence-electron chi connectivity index (χ4n) is 4.52. The molecule has 0 bridgehead atoms.